The van der Waals surface area contributed by atoms with Gasteiger partial charge in [-0.1, -0.05) is 0 Å². The number of hydrogen-bond donors (Lipinski definition) is 0. The summed E-state index contributed by atoms with van der Waals surface area (Å²) in [5.41, 5.74) is -1.51. The van der Waals surface area contributed by atoms with Crippen molar-refractivity contribution < 1.29 is 23.8 Å². The average molecular weight is 216 g/mol. The summed E-state index contributed by atoms with van der Waals surface area (Å²) in [4.78, 5) is 23.1. The van der Waals surface area contributed by atoms with Gasteiger partial charge in [-0.2, -0.15) is 0 Å². The van der Waals surface area contributed by atoms with Gasteiger partial charge >= 0.3 is 11.9 Å². The molecule has 0 unspecified atom stereocenters. The Morgan fingerprint density at radius 2 is 1.67 bits per heavy atom. The van der Waals surface area contributed by atoms with Gasteiger partial charge in [0.25, 0.3) is 5.60 Å². The Morgan fingerprint density at radius 3 is 1.93 bits per heavy atom. The Kier molecular flexibility index (Phi) is 3.68. The first-order valence-corrected chi connectivity index (χ1v) is 5.09. The molecule has 0 spiro atoms. The predicted octanol–water partition coefficient (Wildman–Crippen LogP) is 0.660. The fourth-order valence-corrected chi connectivity index (χ4v) is 1.58. The zero-order valence-corrected chi connectivity index (χ0v) is 9.24. The van der Waals surface area contributed by atoms with Crippen LogP contribution in [0.2, 0.25) is 0 Å². The molecule has 15 heavy (non-hydrogen) atoms. The first-order chi connectivity index (χ1) is 7.06. The molecule has 0 saturated carbocycles. The second kappa shape index (κ2) is 4.61. The van der Waals surface area contributed by atoms with E-state index in [0.29, 0.717) is 6.42 Å². The van der Waals surface area contributed by atoms with Crippen molar-refractivity contribution >= 4 is 11.9 Å². The molecular weight excluding hydrogens is 200 g/mol. The summed E-state index contributed by atoms with van der Waals surface area (Å²) in [5.74, 6) is -1.30. The van der Waals surface area contributed by atoms with Crippen LogP contribution in [0, 0.1) is 0 Å². The maximum atomic E-state index is 11.6. The number of hydrogen-bond acceptors (Lipinski definition) is 5. The van der Waals surface area contributed by atoms with Crippen molar-refractivity contribution in [1.82, 2.24) is 0 Å². The quantitative estimate of drug-likeness (QED) is 0.510. The van der Waals surface area contributed by atoms with Crippen LogP contribution in [0.5, 0.6) is 0 Å². The third-order valence-electron chi connectivity index (χ3n) is 2.19. The van der Waals surface area contributed by atoms with Crippen LogP contribution in [-0.4, -0.2) is 36.9 Å². The lowest BCUT2D eigenvalue weighted by Crippen LogP contribution is -2.61. The van der Waals surface area contributed by atoms with Crippen LogP contribution >= 0.6 is 0 Å². The molecule has 0 bridgehead atoms. The monoisotopic (exact) mass is 216 g/mol. The summed E-state index contributed by atoms with van der Waals surface area (Å²) < 4.78 is 14.8. The van der Waals surface area contributed by atoms with Crippen molar-refractivity contribution in [2.24, 2.45) is 0 Å². The smallest absolute Gasteiger partial charge is 0.350 e. The number of carbonyl (C=O) groups excluding carboxylic acids is 2. The highest BCUT2D eigenvalue weighted by Crippen LogP contribution is 2.35. The molecule has 0 radical (unpaired) electrons. The van der Waals surface area contributed by atoms with Gasteiger partial charge in [0, 0.05) is 6.42 Å². The molecular formula is C10H16O5. The molecule has 86 valence electrons. The van der Waals surface area contributed by atoms with Crippen molar-refractivity contribution in [3.63, 3.8) is 0 Å². The van der Waals surface area contributed by atoms with Gasteiger partial charge in [-0.05, 0) is 20.8 Å². The van der Waals surface area contributed by atoms with Crippen LogP contribution in [0.25, 0.3) is 0 Å². The zero-order chi connectivity index (χ0) is 11.5. The highest BCUT2D eigenvalue weighted by Gasteiger charge is 2.59. The van der Waals surface area contributed by atoms with E-state index >= 15 is 0 Å². The molecule has 5 nitrogen and oxygen atoms in total. The van der Waals surface area contributed by atoms with Gasteiger partial charge in [0.15, 0.2) is 0 Å². The Hall–Kier alpha value is -1.10. The minimum absolute atomic E-state index is 0.112. The molecule has 1 rings (SSSR count). The number of carbonyl (C=O) groups is 2. The minimum Gasteiger partial charge on any atom is -0.463 e. The first kappa shape index (κ1) is 12.0. The van der Waals surface area contributed by atoms with Gasteiger partial charge in [0.2, 0.25) is 0 Å². The second-order valence-corrected chi connectivity index (χ2v) is 3.40. The molecule has 1 saturated heterocycles. The molecule has 1 fully saturated rings. The van der Waals surface area contributed by atoms with Gasteiger partial charge < -0.3 is 14.2 Å². The maximum absolute atomic E-state index is 11.6. The summed E-state index contributed by atoms with van der Waals surface area (Å²) in [6.45, 7) is 5.59. The van der Waals surface area contributed by atoms with E-state index in [0.717, 1.165) is 0 Å². The zero-order valence-electron chi connectivity index (χ0n) is 9.24. The highest BCUT2D eigenvalue weighted by molar-refractivity contribution is 6.04. The summed E-state index contributed by atoms with van der Waals surface area (Å²) in [5, 5.41) is 0. The fraction of sp³-hybridized carbons (Fsp3) is 0.800. The van der Waals surface area contributed by atoms with Gasteiger partial charge in [-0.3, -0.25) is 0 Å². The fourth-order valence-electron chi connectivity index (χ4n) is 1.58. The summed E-state index contributed by atoms with van der Waals surface area (Å²) in [6, 6.07) is 0. The third-order valence-corrected chi connectivity index (χ3v) is 2.19. The highest BCUT2D eigenvalue weighted by atomic mass is 16.6. The van der Waals surface area contributed by atoms with E-state index in [1.807, 2.05) is 0 Å². The van der Waals surface area contributed by atoms with Crippen LogP contribution in [0.3, 0.4) is 0 Å². The standard InChI is InChI=1S/C10H16O5/c1-4-13-8(11)10(6-7(3)15-10)9(12)14-5-2/h7H,4-6H2,1-3H3/t7-/m1/s1. The first-order valence-electron chi connectivity index (χ1n) is 5.09. The average Bonchev–Trinajstić information content (AvgIpc) is 2.13. The van der Waals surface area contributed by atoms with Gasteiger partial charge in [-0.25, -0.2) is 9.59 Å². The topological polar surface area (TPSA) is 61.8 Å². The van der Waals surface area contributed by atoms with Crippen molar-refractivity contribution in [1.29, 1.82) is 0 Å². The van der Waals surface area contributed by atoms with E-state index in [9.17, 15) is 9.59 Å². The molecule has 0 N–H and O–H groups in total. The second-order valence-electron chi connectivity index (χ2n) is 3.40. The summed E-state index contributed by atoms with van der Waals surface area (Å²) in [7, 11) is 0. The Morgan fingerprint density at radius 1 is 1.27 bits per heavy atom. The largest absolute Gasteiger partial charge is 0.463 e. The molecule has 0 aliphatic carbocycles. The van der Waals surface area contributed by atoms with Crippen LogP contribution in [0.4, 0.5) is 0 Å². The molecule has 1 aliphatic heterocycles. The lowest BCUT2D eigenvalue weighted by atomic mass is 9.90. The predicted molar refractivity (Wildman–Crippen MR) is 51.2 cm³/mol. The van der Waals surface area contributed by atoms with E-state index in [-0.39, 0.29) is 19.3 Å². The lowest BCUT2D eigenvalue weighted by Gasteiger charge is -2.41. The molecule has 5 heteroatoms. The van der Waals surface area contributed by atoms with E-state index < -0.39 is 17.5 Å². The summed E-state index contributed by atoms with van der Waals surface area (Å²) >= 11 is 0. The molecule has 1 atom stereocenters. The van der Waals surface area contributed by atoms with Crippen molar-refractivity contribution in [2.45, 2.75) is 38.9 Å². The molecule has 0 aromatic rings. The van der Waals surface area contributed by atoms with Crippen molar-refractivity contribution in [2.75, 3.05) is 13.2 Å². The third kappa shape index (κ3) is 2.12. The normalized spacial score (nSPS) is 22.7. The van der Waals surface area contributed by atoms with Gasteiger partial charge in [-0.15, -0.1) is 0 Å². The van der Waals surface area contributed by atoms with E-state index in [1.165, 1.54) is 0 Å². The lowest BCUT2D eigenvalue weighted by molar-refractivity contribution is -0.232. The van der Waals surface area contributed by atoms with E-state index in [2.05, 4.69) is 0 Å². The van der Waals surface area contributed by atoms with Gasteiger partial charge in [0.1, 0.15) is 0 Å². The molecule has 1 heterocycles. The number of rotatable bonds is 4. The maximum Gasteiger partial charge on any atom is 0.350 e. The van der Waals surface area contributed by atoms with E-state index in [1.54, 1.807) is 20.8 Å². The molecule has 0 amide bonds. The van der Waals surface area contributed by atoms with Crippen LogP contribution in [0.1, 0.15) is 27.2 Å². The number of esters is 2. The number of ether oxygens (including phenoxy) is 3. The Labute approximate surface area is 88.7 Å². The Balaban J connectivity index is 2.71. The van der Waals surface area contributed by atoms with Crippen LogP contribution in [0.15, 0.2) is 0 Å². The van der Waals surface area contributed by atoms with E-state index in [4.69, 9.17) is 14.2 Å². The van der Waals surface area contributed by atoms with Gasteiger partial charge in [0.05, 0.1) is 19.3 Å². The van der Waals surface area contributed by atoms with Crippen LogP contribution in [-0.2, 0) is 23.8 Å². The Bertz CT molecular complexity index is 235. The van der Waals surface area contributed by atoms with Crippen molar-refractivity contribution in [3.05, 3.63) is 0 Å². The SMILES string of the molecule is CCOC(=O)C1(C(=O)OCC)C[C@@H](C)O1. The molecule has 0 aromatic carbocycles. The van der Waals surface area contributed by atoms with Crippen molar-refractivity contribution in [3.8, 4) is 0 Å². The minimum atomic E-state index is -1.51. The summed E-state index contributed by atoms with van der Waals surface area (Å²) in [6.07, 6.45) is 0.212. The molecule has 0 aromatic heterocycles. The molecule has 1 aliphatic rings. The van der Waals surface area contributed by atoms with Crippen LogP contribution < -0.4 is 0 Å².